The van der Waals surface area contributed by atoms with Crippen molar-refractivity contribution in [2.45, 2.75) is 346 Å². The second-order valence-electron chi connectivity index (χ2n) is 22.8. The van der Waals surface area contributed by atoms with Gasteiger partial charge in [0.15, 0.2) is 6.29 Å². The number of amides is 1. The lowest BCUT2D eigenvalue weighted by Crippen LogP contribution is -2.60. The van der Waals surface area contributed by atoms with E-state index in [4.69, 9.17) is 14.2 Å². The SMILES string of the molecule is CCCC/C=C\CCCCCCCC(=O)OCCCCCCCCCCCCCC/C=C\CCCCCCCCCCCCCCC(=O)NC(COC1OC(CO)C(O)C(O)C1O)C(O)/C=C/CC/C=C/CCCCCCC. The van der Waals surface area contributed by atoms with Crippen molar-refractivity contribution in [1.29, 1.82) is 0 Å². The Morgan fingerprint density at radius 2 is 0.846 bits per heavy atom. The minimum atomic E-state index is -1.58. The van der Waals surface area contributed by atoms with E-state index in [1.807, 2.05) is 6.08 Å². The van der Waals surface area contributed by atoms with Crippen LogP contribution in [0.4, 0.5) is 0 Å². The second kappa shape index (κ2) is 56.5. The molecule has 1 saturated heterocycles. The van der Waals surface area contributed by atoms with Crippen LogP contribution in [-0.2, 0) is 23.8 Å². The number of carbonyl (C=O) groups excluding carboxylic acids is 2. The number of ether oxygens (including phenoxy) is 3. The van der Waals surface area contributed by atoms with Gasteiger partial charge in [-0.05, 0) is 89.9 Å². The standard InChI is InChI=1S/C67H123NO10/c1-3-5-7-9-11-13-33-37-41-45-49-53-60(70)59(58-77-67-66(75)65(74)64(73)61(57-69)78-67)68-62(71)54-50-46-42-38-35-31-29-27-25-23-21-19-17-15-16-18-20-22-24-26-28-30-32-36-40-44-48-52-56-76-63(72)55-51-47-43-39-34-14-12-10-8-6-4-2/h10,12,15-16,33,37,49,53,59-61,64-67,69-70,73-75H,3-9,11,13-14,17-32,34-36,38-48,50-52,54-58H2,1-2H3,(H,68,71)/b12-10-,16-15-,37-33+,53-49+. The lowest BCUT2D eigenvalue weighted by molar-refractivity contribution is -0.302. The molecular weight excluding hydrogens is 979 g/mol. The van der Waals surface area contributed by atoms with Crippen LogP contribution in [0.2, 0.25) is 0 Å². The Kier molecular flexibility index (Phi) is 53.3. The molecular formula is C67H123NO10. The average Bonchev–Trinajstić information content (AvgIpc) is 3.45. The Balaban J connectivity index is 1.99. The highest BCUT2D eigenvalue weighted by Gasteiger charge is 2.44. The van der Waals surface area contributed by atoms with Gasteiger partial charge in [0, 0.05) is 12.8 Å². The molecule has 0 bridgehead atoms. The summed E-state index contributed by atoms with van der Waals surface area (Å²) in [6.07, 6.45) is 62.4. The van der Waals surface area contributed by atoms with Crippen LogP contribution in [0.1, 0.15) is 303 Å². The van der Waals surface area contributed by atoms with Crippen molar-refractivity contribution in [3.05, 3.63) is 48.6 Å². The Labute approximate surface area is 478 Å². The molecule has 7 atom stereocenters. The first kappa shape index (κ1) is 73.6. The van der Waals surface area contributed by atoms with Gasteiger partial charge in [0.2, 0.25) is 5.91 Å². The number of aliphatic hydroxyl groups is 5. The fourth-order valence-corrected chi connectivity index (χ4v) is 10.1. The quantitative estimate of drug-likeness (QED) is 0.0195. The predicted molar refractivity (Wildman–Crippen MR) is 324 cm³/mol. The molecule has 1 rings (SSSR count). The molecule has 0 aliphatic carbocycles. The van der Waals surface area contributed by atoms with Gasteiger partial charge in [0.1, 0.15) is 24.4 Å². The number of hydrogen-bond acceptors (Lipinski definition) is 10. The van der Waals surface area contributed by atoms with Crippen LogP contribution in [-0.4, -0.2) is 100 Å². The van der Waals surface area contributed by atoms with E-state index in [-0.39, 0.29) is 18.5 Å². The van der Waals surface area contributed by atoms with Crippen LogP contribution in [0.25, 0.3) is 0 Å². The van der Waals surface area contributed by atoms with Gasteiger partial charge in [-0.3, -0.25) is 9.59 Å². The first-order valence-corrected chi connectivity index (χ1v) is 32.9. The van der Waals surface area contributed by atoms with Crippen molar-refractivity contribution in [3.8, 4) is 0 Å². The van der Waals surface area contributed by atoms with Gasteiger partial charge in [0.05, 0.1) is 32.0 Å². The molecule has 7 unspecified atom stereocenters. The topological polar surface area (TPSA) is 175 Å². The normalized spacial score (nSPS) is 18.8. The molecule has 456 valence electrons. The molecule has 11 nitrogen and oxygen atoms in total. The van der Waals surface area contributed by atoms with E-state index in [1.165, 1.54) is 218 Å². The molecule has 11 heteroatoms. The monoisotopic (exact) mass is 1100 g/mol. The highest BCUT2D eigenvalue weighted by molar-refractivity contribution is 5.76. The van der Waals surface area contributed by atoms with Gasteiger partial charge in [0.25, 0.3) is 0 Å². The second-order valence-corrected chi connectivity index (χ2v) is 22.8. The third kappa shape index (κ3) is 45.3. The summed E-state index contributed by atoms with van der Waals surface area (Å²) in [5.41, 5.74) is 0. The van der Waals surface area contributed by atoms with Crippen molar-refractivity contribution in [3.63, 3.8) is 0 Å². The zero-order valence-corrected chi connectivity index (χ0v) is 50.4. The number of carbonyl (C=O) groups is 2. The summed E-state index contributed by atoms with van der Waals surface area (Å²) in [5, 5.41) is 54.3. The predicted octanol–water partition coefficient (Wildman–Crippen LogP) is 16.0. The van der Waals surface area contributed by atoms with Crippen LogP contribution in [0.5, 0.6) is 0 Å². The van der Waals surface area contributed by atoms with Crippen LogP contribution in [0, 0.1) is 0 Å². The molecule has 0 saturated carbocycles. The average molecular weight is 1100 g/mol. The van der Waals surface area contributed by atoms with E-state index < -0.39 is 49.5 Å². The van der Waals surface area contributed by atoms with Gasteiger partial charge >= 0.3 is 5.97 Å². The zero-order chi connectivity index (χ0) is 56.6. The summed E-state index contributed by atoms with van der Waals surface area (Å²) >= 11 is 0. The third-order valence-corrected chi connectivity index (χ3v) is 15.4. The number of hydrogen-bond donors (Lipinski definition) is 6. The number of esters is 1. The van der Waals surface area contributed by atoms with Gasteiger partial charge in [-0.2, -0.15) is 0 Å². The zero-order valence-electron chi connectivity index (χ0n) is 50.4. The summed E-state index contributed by atoms with van der Waals surface area (Å²) < 4.78 is 16.7. The highest BCUT2D eigenvalue weighted by Crippen LogP contribution is 2.23. The Hall–Kier alpha value is -2.38. The molecule has 1 heterocycles. The Morgan fingerprint density at radius 1 is 0.462 bits per heavy atom. The van der Waals surface area contributed by atoms with Gasteiger partial charge < -0.3 is 45.1 Å². The molecule has 1 fully saturated rings. The molecule has 1 amide bonds. The van der Waals surface area contributed by atoms with E-state index in [1.54, 1.807) is 6.08 Å². The Morgan fingerprint density at radius 3 is 1.31 bits per heavy atom. The first-order chi connectivity index (χ1) is 38.2. The van der Waals surface area contributed by atoms with Crippen molar-refractivity contribution < 1.29 is 49.3 Å². The number of rotatable bonds is 57. The highest BCUT2D eigenvalue weighted by atomic mass is 16.7. The van der Waals surface area contributed by atoms with Crippen molar-refractivity contribution in [2.24, 2.45) is 0 Å². The van der Waals surface area contributed by atoms with Crippen LogP contribution in [0.3, 0.4) is 0 Å². The largest absolute Gasteiger partial charge is 0.466 e. The number of allylic oxidation sites excluding steroid dienone is 7. The van der Waals surface area contributed by atoms with Gasteiger partial charge in [-0.1, -0.05) is 249 Å². The number of aliphatic hydroxyl groups excluding tert-OH is 5. The minimum Gasteiger partial charge on any atom is -0.466 e. The maximum Gasteiger partial charge on any atom is 0.305 e. The molecule has 6 N–H and O–H groups in total. The summed E-state index contributed by atoms with van der Waals surface area (Å²) in [6, 6.07) is -0.827. The number of nitrogens with one attached hydrogen (secondary N) is 1. The van der Waals surface area contributed by atoms with Crippen molar-refractivity contribution in [1.82, 2.24) is 5.32 Å². The molecule has 78 heavy (non-hydrogen) atoms. The lowest BCUT2D eigenvalue weighted by atomic mass is 9.99. The van der Waals surface area contributed by atoms with E-state index >= 15 is 0 Å². The fourth-order valence-electron chi connectivity index (χ4n) is 10.1. The van der Waals surface area contributed by atoms with Crippen LogP contribution < -0.4 is 5.32 Å². The maximum absolute atomic E-state index is 13.0. The van der Waals surface area contributed by atoms with Crippen LogP contribution >= 0.6 is 0 Å². The Bertz CT molecular complexity index is 1430. The van der Waals surface area contributed by atoms with Gasteiger partial charge in [-0.25, -0.2) is 0 Å². The van der Waals surface area contributed by atoms with E-state index in [2.05, 4.69) is 55.6 Å². The summed E-state index contributed by atoms with van der Waals surface area (Å²) in [4.78, 5) is 25.0. The smallest absolute Gasteiger partial charge is 0.305 e. The first-order valence-electron chi connectivity index (χ1n) is 32.9. The third-order valence-electron chi connectivity index (χ3n) is 15.4. The summed E-state index contributed by atoms with van der Waals surface area (Å²) in [5.74, 6) is -0.198. The molecule has 0 aromatic heterocycles. The molecule has 1 aliphatic rings. The van der Waals surface area contributed by atoms with Crippen molar-refractivity contribution in [2.75, 3.05) is 19.8 Å². The van der Waals surface area contributed by atoms with Gasteiger partial charge in [-0.15, -0.1) is 0 Å². The van der Waals surface area contributed by atoms with E-state index in [9.17, 15) is 35.1 Å². The summed E-state index contributed by atoms with van der Waals surface area (Å²) in [6.45, 7) is 4.28. The molecule has 0 aromatic rings. The molecule has 0 radical (unpaired) electrons. The molecule has 1 aliphatic heterocycles. The van der Waals surface area contributed by atoms with Crippen LogP contribution in [0.15, 0.2) is 48.6 Å². The fraction of sp³-hybridized carbons (Fsp3) is 0.851. The van der Waals surface area contributed by atoms with E-state index in [0.29, 0.717) is 19.4 Å². The minimum absolute atomic E-state index is 0.00503. The number of unbranched alkanes of at least 4 members (excludes halogenated alkanes) is 37. The maximum atomic E-state index is 13.0. The molecule has 0 spiro atoms. The summed E-state index contributed by atoms with van der Waals surface area (Å²) in [7, 11) is 0. The lowest BCUT2D eigenvalue weighted by Gasteiger charge is -2.40. The van der Waals surface area contributed by atoms with Crippen molar-refractivity contribution >= 4 is 11.9 Å². The van der Waals surface area contributed by atoms with E-state index in [0.717, 1.165) is 57.8 Å². The molecule has 0 aromatic carbocycles.